The Balaban J connectivity index is 2.61. The summed E-state index contributed by atoms with van der Waals surface area (Å²) in [6.45, 7) is 6.68. The van der Waals surface area contributed by atoms with Crippen LogP contribution < -0.4 is 5.32 Å². The van der Waals surface area contributed by atoms with Gasteiger partial charge in [0.1, 0.15) is 0 Å². The maximum absolute atomic E-state index is 4.10. The minimum Gasteiger partial charge on any atom is -0.306 e. The van der Waals surface area contributed by atoms with Gasteiger partial charge < -0.3 is 5.32 Å². The van der Waals surface area contributed by atoms with Crippen LogP contribution in [0.3, 0.4) is 0 Å². The van der Waals surface area contributed by atoms with Crippen LogP contribution in [0.4, 0.5) is 0 Å². The van der Waals surface area contributed by atoms with Gasteiger partial charge in [0.25, 0.3) is 0 Å². The second-order valence-electron chi connectivity index (χ2n) is 2.94. The molecule has 1 aromatic rings. The SMILES string of the molecule is C=CCNC(CC)c1cccnc1. The van der Waals surface area contributed by atoms with Crippen molar-refractivity contribution in [3.63, 3.8) is 0 Å². The number of pyridine rings is 1. The average Bonchev–Trinajstić information content (AvgIpc) is 2.21. The smallest absolute Gasteiger partial charge is 0.0335 e. The highest BCUT2D eigenvalue weighted by Crippen LogP contribution is 2.13. The molecular weight excluding hydrogens is 160 g/mol. The first-order chi connectivity index (χ1) is 6.38. The van der Waals surface area contributed by atoms with Gasteiger partial charge >= 0.3 is 0 Å². The second-order valence-corrected chi connectivity index (χ2v) is 2.94. The van der Waals surface area contributed by atoms with E-state index >= 15 is 0 Å². The number of hydrogen-bond donors (Lipinski definition) is 1. The number of nitrogens with zero attached hydrogens (tertiary/aromatic N) is 1. The Morgan fingerprint density at radius 3 is 3.08 bits per heavy atom. The van der Waals surface area contributed by atoms with Crippen molar-refractivity contribution >= 4 is 0 Å². The minimum atomic E-state index is 0.395. The normalized spacial score (nSPS) is 12.4. The van der Waals surface area contributed by atoms with E-state index in [0.29, 0.717) is 6.04 Å². The molecule has 0 aliphatic rings. The first-order valence-electron chi connectivity index (χ1n) is 4.62. The quantitative estimate of drug-likeness (QED) is 0.696. The van der Waals surface area contributed by atoms with Gasteiger partial charge in [-0.15, -0.1) is 6.58 Å². The first kappa shape index (κ1) is 9.93. The molecule has 0 aromatic carbocycles. The van der Waals surface area contributed by atoms with E-state index in [4.69, 9.17) is 0 Å². The zero-order valence-electron chi connectivity index (χ0n) is 8.03. The Bertz CT molecular complexity index is 244. The molecule has 2 nitrogen and oxygen atoms in total. The van der Waals surface area contributed by atoms with Crippen LogP contribution in [0, 0.1) is 0 Å². The number of rotatable bonds is 5. The number of nitrogens with one attached hydrogen (secondary N) is 1. The van der Waals surface area contributed by atoms with E-state index in [-0.39, 0.29) is 0 Å². The predicted molar refractivity (Wildman–Crippen MR) is 55.5 cm³/mol. The second kappa shape index (κ2) is 5.49. The number of hydrogen-bond acceptors (Lipinski definition) is 2. The molecule has 70 valence electrons. The molecule has 1 unspecified atom stereocenters. The maximum atomic E-state index is 4.10. The third kappa shape index (κ3) is 2.99. The van der Waals surface area contributed by atoms with Crippen LogP contribution in [0.2, 0.25) is 0 Å². The molecule has 0 radical (unpaired) electrons. The molecule has 0 amide bonds. The summed E-state index contributed by atoms with van der Waals surface area (Å²) in [5.74, 6) is 0. The molecule has 13 heavy (non-hydrogen) atoms. The van der Waals surface area contributed by atoms with Gasteiger partial charge in [-0.2, -0.15) is 0 Å². The van der Waals surface area contributed by atoms with Crippen LogP contribution in [0.25, 0.3) is 0 Å². The Labute approximate surface area is 79.7 Å². The molecule has 0 saturated carbocycles. The average molecular weight is 176 g/mol. The molecule has 0 fully saturated rings. The Kier molecular flexibility index (Phi) is 4.19. The fourth-order valence-corrected chi connectivity index (χ4v) is 1.31. The van der Waals surface area contributed by atoms with Gasteiger partial charge in [-0.05, 0) is 18.1 Å². The van der Waals surface area contributed by atoms with Gasteiger partial charge in [0.05, 0.1) is 0 Å². The van der Waals surface area contributed by atoms with Crippen LogP contribution in [-0.4, -0.2) is 11.5 Å². The lowest BCUT2D eigenvalue weighted by Gasteiger charge is -2.15. The van der Waals surface area contributed by atoms with E-state index in [0.717, 1.165) is 13.0 Å². The molecule has 0 saturated heterocycles. The van der Waals surface area contributed by atoms with E-state index in [2.05, 4.69) is 29.9 Å². The van der Waals surface area contributed by atoms with Crippen molar-refractivity contribution in [2.24, 2.45) is 0 Å². The monoisotopic (exact) mass is 176 g/mol. The fourth-order valence-electron chi connectivity index (χ4n) is 1.31. The summed E-state index contributed by atoms with van der Waals surface area (Å²) in [4.78, 5) is 4.10. The van der Waals surface area contributed by atoms with E-state index in [1.807, 2.05) is 18.3 Å². The van der Waals surface area contributed by atoms with Gasteiger partial charge in [0.2, 0.25) is 0 Å². The van der Waals surface area contributed by atoms with E-state index in [9.17, 15) is 0 Å². The van der Waals surface area contributed by atoms with Gasteiger partial charge in [-0.3, -0.25) is 4.98 Å². The predicted octanol–water partition coefficient (Wildman–Crippen LogP) is 2.31. The summed E-state index contributed by atoms with van der Waals surface area (Å²) in [5.41, 5.74) is 1.24. The van der Waals surface area contributed by atoms with Crippen molar-refractivity contribution in [2.45, 2.75) is 19.4 Å². The fraction of sp³-hybridized carbons (Fsp3) is 0.364. The molecule has 0 aliphatic carbocycles. The summed E-state index contributed by atoms with van der Waals surface area (Å²) >= 11 is 0. The molecule has 0 bridgehead atoms. The van der Waals surface area contributed by atoms with Gasteiger partial charge in [0.15, 0.2) is 0 Å². The van der Waals surface area contributed by atoms with Crippen molar-refractivity contribution in [1.82, 2.24) is 10.3 Å². The Hall–Kier alpha value is -1.15. The Morgan fingerprint density at radius 2 is 2.54 bits per heavy atom. The van der Waals surface area contributed by atoms with E-state index in [1.165, 1.54) is 5.56 Å². The summed E-state index contributed by atoms with van der Waals surface area (Å²) in [6.07, 6.45) is 6.65. The van der Waals surface area contributed by atoms with Gasteiger partial charge in [-0.25, -0.2) is 0 Å². The summed E-state index contributed by atoms with van der Waals surface area (Å²) in [5, 5.41) is 3.38. The van der Waals surface area contributed by atoms with Crippen LogP contribution >= 0.6 is 0 Å². The van der Waals surface area contributed by atoms with Crippen LogP contribution in [0.15, 0.2) is 37.2 Å². The summed E-state index contributed by atoms with van der Waals surface area (Å²) < 4.78 is 0. The molecule has 1 rings (SSSR count). The first-order valence-corrected chi connectivity index (χ1v) is 4.62. The molecule has 2 heteroatoms. The Morgan fingerprint density at radius 1 is 1.69 bits per heavy atom. The van der Waals surface area contributed by atoms with Crippen molar-refractivity contribution in [2.75, 3.05) is 6.54 Å². The van der Waals surface area contributed by atoms with Crippen molar-refractivity contribution in [1.29, 1.82) is 0 Å². The standard InChI is InChI=1S/C11H16N2/c1-3-7-13-11(4-2)10-6-5-8-12-9-10/h3,5-6,8-9,11,13H,1,4,7H2,2H3. The van der Waals surface area contributed by atoms with E-state index in [1.54, 1.807) is 6.20 Å². The largest absolute Gasteiger partial charge is 0.306 e. The van der Waals surface area contributed by atoms with Crippen molar-refractivity contribution in [3.8, 4) is 0 Å². The van der Waals surface area contributed by atoms with E-state index < -0.39 is 0 Å². The highest BCUT2D eigenvalue weighted by atomic mass is 14.9. The summed E-state index contributed by atoms with van der Waals surface area (Å²) in [7, 11) is 0. The molecule has 0 aliphatic heterocycles. The van der Waals surface area contributed by atoms with Crippen LogP contribution in [0.1, 0.15) is 24.9 Å². The molecule has 1 heterocycles. The van der Waals surface area contributed by atoms with Gasteiger partial charge in [-0.1, -0.05) is 19.1 Å². The third-order valence-electron chi connectivity index (χ3n) is 2.00. The maximum Gasteiger partial charge on any atom is 0.0335 e. The topological polar surface area (TPSA) is 24.9 Å². The van der Waals surface area contributed by atoms with Gasteiger partial charge in [0, 0.05) is 25.0 Å². The summed E-state index contributed by atoms with van der Waals surface area (Å²) in [6, 6.07) is 4.46. The van der Waals surface area contributed by atoms with Crippen LogP contribution in [0.5, 0.6) is 0 Å². The zero-order chi connectivity index (χ0) is 9.52. The molecule has 0 spiro atoms. The highest BCUT2D eigenvalue weighted by molar-refractivity contribution is 5.13. The lowest BCUT2D eigenvalue weighted by atomic mass is 10.1. The number of aromatic nitrogens is 1. The molecule has 1 aromatic heterocycles. The molecule has 1 N–H and O–H groups in total. The van der Waals surface area contributed by atoms with Crippen molar-refractivity contribution < 1.29 is 0 Å². The minimum absolute atomic E-state index is 0.395. The molecular formula is C11H16N2. The van der Waals surface area contributed by atoms with Crippen molar-refractivity contribution in [3.05, 3.63) is 42.7 Å². The zero-order valence-corrected chi connectivity index (χ0v) is 8.03. The molecule has 1 atom stereocenters. The third-order valence-corrected chi connectivity index (χ3v) is 2.00. The lowest BCUT2D eigenvalue weighted by molar-refractivity contribution is 0.550. The van der Waals surface area contributed by atoms with Crippen LogP contribution in [-0.2, 0) is 0 Å². The highest BCUT2D eigenvalue weighted by Gasteiger charge is 2.06. The lowest BCUT2D eigenvalue weighted by Crippen LogP contribution is -2.20.